The van der Waals surface area contributed by atoms with Crippen molar-refractivity contribution in [3.05, 3.63) is 65.9 Å². The normalized spacial score (nSPS) is 15.8. The summed E-state index contributed by atoms with van der Waals surface area (Å²) in [5.41, 5.74) is 3.13. The molecule has 2 heterocycles. The van der Waals surface area contributed by atoms with E-state index in [1.54, 1.807) is 7.11 Å². The third-order valence-electron chi connectivity index (χ3n) is 5.67. The van der Waals surface area contributed by atoms with Crippen LogP contribution in [0.1, 0.15) is 17.5 Å². The Morgan fingerprint density at radius 2 is 1.88 bits per heavy atom. The van der Waals surface area contributed by atoms with E-state index in [0.717, 1.165) is 27.8 Å². The number of hydrogen-bond donors (Lipinski definition) is 3. The number of urea groups is 1. The van der Waals surface area contributed by atoms with Gasteiger partial charge in [0.15, 0.2) is 0 Å². The van der Waals surface area contributed by atoms with Gasteiger partial charge in [0.2, 0.25) is 5.91 Å². The van der Waals surface area contributed by atoms with E-state index in [4.69, 9.17) is 4.74 Å². The first-order valence-corrected chi connectivity index (χ1v) is 10.6. The van der Waals surface area contributed by atoms with Crippen molar-refractivity contribution in [3.8, 4) is 5.75 Å². The van der Waals surface area contributed by atoms with Gasteiger partial charge in [0, 0.05) is 30.2 Å². The minimum absolute atomic E-state index is 0.0726. The molecule has 0 radical (unpaired) electrons. The first-order valence-electron chi connectivity index (χ1n) is 10.6. The standard InChI is InChI=1S/C24H26N4O4/c1-32-18-8-6-16(7-9-18)10-12-25-22(29)14-21-23(30)28(24(31)27-21)13-11-17-15-26-20-5-3-2-4-19(17)20/h2-9,15,21,26H,10-14H2,1H3,(H,25,29)(H,27,31). The number of aromatic amines is 1. The zero-order valence-electron chi connectivity index (χ0n) is 17.9. The number of ether oxygens (including phenoxy) is 1. The molecule has 0 saturated carbocycles. The van der Waals surface area contributed by atoms with Gasteiger partial charge in [-0.3, -0.25) is 14.5 Å². The quantitative estimate of drug-likeness (QED) is 0.450. The maximum atomic E-state index is 12.7. The summed E-state index contributed by atoms with van der Waals surface area (Å²) in [5, 5.41) is 6.52. The summed E-state index contributed by atoms with van der Waals surface area (Å²) < 4.78 is 5.13. The number of nitrogens with one attached hydrogen (secondary N) is 3. The van der Waals surface area contributed by atoms with Crippen LogP contribution in [0.4, 0.5) is 4.79 Å². The van der Waals surface area contributed by atoms with Crippen molar-refractivity contribution in [3.63, 3.8) is 0 Å². The Balaban J connectivity index is 1.25. The molecule has 3 aromatic rings. The highest BCUT2D eigenvalue weighted by atomic mass is 16.5. The summed E-state index contributed by atoms with van der Waals surface area (Å²) in [6, 6.07) is 14.2. The Kier molecular flexibility index (Phi) is 6.39. The number of para-hydroxylation sites is 1. The van der Waals surface area contributed by atoms with Crippen LogP contribution in [0.2, 0.25) is 0 Å². The molecule has 0 bridgehead atoms. The molecular formula is C24H26N4O4. The van der Waals surface area contributed by atoms with E-state index in [-0.39, 0.29) is 24.8 Å². The molecule has 1 fully saturated rings. The van der Waals surface area contributed by atoms with Crippen molar-refractivity contribution in [2.24, 2.45) is 0 Å². The lowest BCUT2D eigenvalue weighted by atomic mass is 10.1. The van der Waals surface area contributed by atoms with Crippen LogP contribution in [0.15, 0.2) is 54.7 Å². The predicted molar refractivity (Wildman–Crippen MR) is 120 cm³/mol. The molecule has 1 aromatic heterocycles. The molecule has 2 aromatic carbocycles. The van der Waals surface area contributed by atoms with Gasteiger partial charge in [0.25, 0.3) is 5.91 Å². The molecule has 0 spiro atoms. The lowest BCUT2D eigenvalue weighted by Crippen LogP contribution is -2.37. The van der Waals surface area contributed by atoms with Gasteiger partial charge in [-0.25, -0.2) is 4.79 Å². The third-order valence-corrected chi connectivity index (χ3v) is 5.67. The number of benzene rings is 2. The van der Waals surface area contributed by atoms with Crippen LogP contribution in [0.5, 0.6) is 5.75 Å². The molecule has 1 aliphatic heterocycles. The van der Waals surface area contributed by atoms with Gasteiger partial charge >= 0.3 is 6.03 Å². The number of imide groups is 1. The summed E-state index contributed by atoms with van der Waals surface area (Å²) in [6.07, 6.45) is 3.04. The number of rotatable bonds is 9. The number of fused-ring (bicyclic) bond motifs is 1. The highest BCUT2D eigenvalue weighted by Crippen LogP contribution is 2.19. The van der Waals surface area contributed by atoms with Crippen LogP contribution >= 0.6 is 0 Å². The minimum Gasteiger partial charge on any atom is -0.497 e. The van der Waals surface area contributed by atoms with Crippen LogP contribution in [-0.2, 0) is 22.4 Å². The fourth-order valence-corrected chi connectivity index (χ4v) is 3.89. The topological polar surface area (TPSA) is 104 Å². The molecule has 1 atom stereocenters. The van der Waals surface area contributed by atoms with Crippen LogP contribution < -0.4 is 15.4 Å². The van der Waals surface area contributed by atoms with E-state index in [2.05, 4.69) is 15.6 Å². The zero-order valence-corrected chi connectivity index (χ0v) is 17.9. The SMILES string of the molecule is COc1ccc(CCNC(=O)CC2NC(=O)N(CCc3c[nH]c4ccccc34)C2=O)cc1. The Morgan fingerprint density at radius 1 is 1.09 bits per heavy atom. The molecule has 1 unspecified atom stereocenters. The molecule has 3 N–H and O–H groups in total. The summed E-state index contributed by atoms with van der Waals surface area (Å²) in [6.45, 7) is 0.715. The van der Waals surface area contributed by atoms with E-state index in [1.807, 2.05) is 54.7 Å². The molecule has 8 heteroatoms. The zero-order chi connectivity index (χ0) is 22.5. The van der Waals surface area contributed by atoms with Crippen molar-refractivity contribution in [1.82, 2.24) is 20.5 Å². The summed E-state index contributed by atoms with van der Waals surface area (Å²) in [5.74, 6) is 0.151. The Bertz CT molecular complexity index is 1120. The van der Waals surface area contributed by atoms with Crippen LogP contribution in [-0.4, -0.2) is 54.0 Å². The van der Waals surface area contributed by atoms with Gasteiger partial charge in [-0.1, -0.05) is 30.3 Å². The highest BCUT2D eigenvalue weighted by molar-refractivity contribution is 6.05. The number of H-pyrrole nitrogens is 1. The first-order chi connectivity index (χ1) is 15.5. The highest BCUT2D eigenvalue weighted by Gasteiger charge is 2.38. The van der Waals surface area contributed by atoms with E-state index in [1.165, 1.54) is 4.90 Å². The molecule has 4 amide bonds. The summed E-state index contributed by atoms with van der Waals surface area (Å²) >= 11 is 0. The van der Waals surface area contributed by atoms with Gasteiger partial charge in [-0.15, -0.1) is 0 Å². The third kappa shape index (κ3) is 4.74. The van der Waals surface area contributed by atoms with Gasteiger partial charge in [0.1, 0.15) is 11.8 Å². The first kappa shape index (κ1) is 21.4. The Hall–Kier alpha value is -3.81. The summed E-state index contributed by atoms with van der Waals surface area (Å²) in [4.78, 5) is 41.6. The predicted octanol–water partition coefficient (Wildman–Crippen LogP) is 2.39. The second kappa shape index (κ2) is 9.55. The van der Waals surface area contributed by atoms with E-state index < -0.39 is 12.1 Å². The lowest BCUT2D eigenvalue weighted by molar-refractivity contribution is -0.130. The minimum atomic E-state index is -0.827. The van der Waals surface area contributed by atoms with Gasteiger partial charge in [-0.2, -0.15) is 0 Å². The van der Waals surface area contributed by atoms with Crippen LogP contribution in [0.3, 0.4) is 0 Å². The van der Waals surface area contributed by atoms with Gasteiger partial charge in [-0.05, 0) is 42.2 Å². The van der Waals surface area contributed by atoms with Crippen molar-refractivity contribution in [2.45, 2.75) is 25.3 Å². The number of carbonyl (C=O) groups is 3. The number of aromatic nitrogens is 1. The van der Waals surface area contributed by atoms with Crippen molar-refractivity contribution >= 4 is 28.7 Å². The molecule has 4 rings (SSSR count). The number of amides is 4. The maximum absolute atomic E-state index is 12.7. The Labute approximate surface area is 185 Å². The van der Waals surface area contributed by atoms with Crippen LogP contribution in [0.25, 0.3) is 10.9 Å². The second-order valence-corrected chi connectivity index (χ2v) is 7.75. The second-order valence-electron chi connectivity index (χ2n) is 7.75. The van der Waals surface area contributed by atoms with Gasteiger partial charge < -0.3 is 20.4 Å². The largest absolute Gasteiger partial charge is 0.497 e. The summed E-state index contributed by atoms with van der Waals surface area (Å²) in [7, 11) is 1.61. The van der Waals surface area contributed by atoms with E-state index >= 15 is 0 Å². The number of hydrogen-bond acceptors (Lipinski definition) is 4. The fraction of sp³-hybridized carbons (Fsp3) is 0.292. The van der Waals surface area contributed by atoms with Crippen molar-refractivity contribution < 1.29 is 19.1 Å². The van der Waals surface area contributed by atoms with E-state index in [0.29, 0.717) is 19.4 Å². The fourth-order valence-electron chi connectivity index (χ4n) is 3.89. The molecule has 166 valence electrons. The van der Waals surface area contributed by atoms with Crippen molar-refractivity contribution in [1.29, 1.82) is 0 Å². The molecule has 0 aliphatic carbocycles. The molecule has 32 heavy (non-hydrogen) atoms. The molecule has 8 nitrogen and oxygen atoms in total. The number of carbonyl (C=O) groups excluding carboxylic acids is 3. The number of nitrogens with zero attached hydrogens (tertiary/aromatic N) is 1. The molecule has 1 aliphatic rings. The monoisotopic (exact) mass is 434 g/mol. The Morgan fingerprint density at radius 3 is 2.66 bits per heavy atom. The average Bonchev–Trinajstić information content (AvgIpc) is 3.33. The van der Waals surface area contributed by atoms with Crippen molar-refractivity contribution in [2.75, 3.05) is 20.2 Å². The maximum Gasteiger partial charge on any atom is 0.324 e. The number of methoxy groups -OCH3 is 1. The smallest absolute Gasteiger partial charge is 0.324 e. The average molecular weight is 434 g/mol. The van der Waals surface area contributed by atoms with Gasteiger partial charge in [0.05, 0.1) is 13.5 Å². The molecule has 1 saturated heterocycles. The van der Waals surface area contributed by atoms with Crippen LogP contribution in [0, 0.1) is 0 Å². The molecular weight excluding hydrogens is 408 g/mol. The lowest BCUT2D eigenvalue weighted by Gasteiger charge is -2.13. The van der Waals surface area contributed by atoms with E-state index in [9.17, 15) is 14.4 Å².